The van der Waals surface area contributed by atoms with Gasteiger partial charge in [0.25, 0.3) is 0 Å². The van der Waals surface area contributed by atoms with Gasteiger partial charge in [-0.05, 0) is 67.2 Å². The Morgan fingerprint density at radius 2 is 2.00 bits per heavy atom. The highest BCUT2D eigenvalue weighted by Crippen LogP contribution is 2.40. The van der Waals surface area contributed by atoms with Crippen molar-refractivity contribution in [3.8, 4) is 11.3 Å². The van der Waals surface area contributed by atoms with Crippen molar-refractivity contribution in [1.82, 2.24) is 15.2 Å². The van der Waals surface area contributed by atoms with Crippen molar-refractivity contribution < 1.29 is 9.15 Å². The lowest BCUT2D eigenvalue weighted by Crippen LogP contribution is -2.31. The lowest BCUT2D eigenvalue weighted by molar-refractivity contribution is 0.177. The van der Waals surface area contributed by atoms with Crippen LogP contribution < -0.4 is 5.32 Å². The molecule has 1 aliphatic heterocycles. The third-order valence-corrected chi connectivity index (χ3v) is 5.60. The van der Waals surface area contributed by atoms with E-state index < -0.39 is 0 Å². The number of halogens is 1. The number of pyridine rings is 1. The van der Waals surface area contributed by atoms with Crippen molar-refractivity contribution in [2.45, 2.75) is 18.5 Å². The zero-order valence-corrected chi connectivity index (χ0v) is 17.6. The third kappa shape index (κ3) is 4.29. The van der Waals surface area contributed by atoms with Gasteiger partial charge in [-0.3, -0.25) is 4.98 Å². The average Bonchev–Trinajstić information content (AvgIpc) is 3.34. The van der Waals surface area contributed by atoms with Gasteiger partial charge in [0.05, 0.1) is 11.7 Å². The lowest BCUT2D eigenvalue weighted by atomic mass is 10.0. The first-order chi connectivity index (χ1) is 14.2. The topological polar surface area (TPSA) is 50.5 Å². The molecular weight excluding hydrogens is 406 g/mol. The van der Waals surface area contributed by atoms with Crippen LogP contribution in [0.3, 0.4) is 0 Å². The van der Waals surface area contributed by atoms with Crippen LogP contribution in [-0.2, 0) is 4.74 Å². The molecule has 5 nitrogen and oxygen atoms in total. The van der Waals surface area contributed by atoms with E-state index in [4.69, 9.17) is 33.0 Å². The zero-order chi connectivity index (χ0) is 20.2. The summed E-state index contributed by atoms with van der Waals surface area (Å²) in [5.74, 6) is 1.64. The van der Waals surface area contributed by atoms with Crippen LogP contribution in [0.15, 0.2) is 65.2 Å². The van der Waals surface area contributed by atoms with Gasteiger partial charge in [-0.2, -0.15) is 0 Å². The molecule has 4 rings (SSSR count). The number of ether oxygens (including phenoxy) is 1. The second-order valence-corrected chi connectivity index (χ2v) is 7.70. The first kappa shape index (κ1) is 19.9. The van der Waals surface area contributed by atoms with E-state index in [0.29, 0.717) is 16.7 Å². The highest BCUT2D eigenvalue weighted by molar-refractivity contribution is 7.80. The van der Waals surface area contributed by atoms with Crippen molar-refractivity contribution in [3.05, 3.63) is 77.3 Å². The average molecular weight is 428 g/mol. The van der Waals surface area contributed by atoms with Crippen molar-refractivity contribution >= 4 is 28.9 Å². The largest absolute Gasteiger partial charge is 0.459 e. The number of thiocarbonyl (C=S) groups is 1. The monoisotopic (exact) mass is 427 g/mol. The molecule has 3 aromatic rings. The molecule has 0 radical (unpaired) electrons. The number of aromatic nitrogens is 1. The number of rotatable bonds is 7. The van der Waals surface area contributed by atoms with Crippen LogP contribution >= 0.6 is 23.8 Å². The summed E-state index contributed by atoms with van der Waals surface area (Å²) in [7, 11) is 1.71. The first-order valence-electron chi connectivity index (χ1n) is 9.50. The molecule has 1 aromatic carbocycles. The van der Waals surface area contributed by atoms with Gasteiger partial charge in [-0.1, -0.05) is 17.7 Å². The lowest BCUT2D eigenvalue weighted by Gasteiger charge is -2.25. The Morgan fingerprint density at radius 3 is 2.72 bits per heavy atom. The second-order valence-electron chi connectivity index (χ2n) is 6.88. The zero-order valence-electron chi connectivity index (χ0n) is 16.0. The fourth-order valence-electron chi connectivity index (χ4n) is 3.62. The van der Waals surface area contributed by atoms with Gasteiger partial charge in [0, 0.05) is 37.0 Å². The standard InChI is InChI=1S/C22H22ClN3O2S/c1-27-14-4-13-26-21(20(25-22(26)29)17-5-2-3-12-24-17)19-11-10-18(28-19)15-6-8-16(23)9-7-15/h2-3,5-12,20-21H,4,13-14H2,1H3,(H,25,29)/t20-,21-/m0/s1. The molecule has 0 bridgehead atoms. The predicted octanol–water partition coefficient (Wildman–Crippen LogP) is 5.00. The summed E-state index contributed by atoms with van der Waals surface area (Å²) < 4.78 is 11.5. The number of nitrogens with zero attached hydrogens (tertiary/aromatic N) is 2. The van der Waals surface area contributed by atoms with Gasteiger partial charge in [0.2, 0.25) is 0 Å². The maximum Gasteiger partial charge on any atom is 0.170 e. The van der Waals surface area contributed by atoms with Crippen molar-refractivity contribution in [2.75, 3.05) is 20.3 Å². The highest BCUT2D eigenvalue weighted by atomic mass is 35.5. The fourth-order valence-corrected chi connectivity index (χ4v) is 4.07. The van der Waals surface area contributed by atoms with E-state index in [1.807, 2.05) is 54.6 Å². The number of nitrogens with one attached hydrogen (secondary N) is 1. The Balaban J connectivity index is 1.67. The molecule has 0 unspecified atom stereocenters. The molecule has 0 spiro atoms. The van der Waals surface area contributed by atoms with Gasteiger partial charge in [-0.25, -0.2) is 0 Å². The number of furan rings is 1. The van der Waals surface area contributed by atoms with Crippen molar-refractivity contribution in [3.63, 3.8) is 0 Å². The van der Waals surface area contributed by atoms with E-state index >= 15 is 0 Å². The van der Waals surface area contributed by atoms with E-state index in [1.54, 1.807) is 13.3 Å². The molecule has 0 saturated carbocycles. The SMILES string of the molecule is COCCCN1C(=S)N[C@@H](c2ccccn2)[C@@H]1c1ccc(-c2ccc(Cl)cc2)o1. The maximum absolute atomic E-state index is 6.29. The predicted molar refractivity (Wildman–Crippen MR) is 118 cm³/mol. The van der Waals surface area contributed by atoms with Crippen LogP contribution in [0.4, 0.5) is 0 Å². The maximum atomic E-state index is 6.29. The van der Waals surface area contributed by atoms with Crippen molar-refractivity contribution in [1.29, 1.82) is 0 Å². The molecule has 2 aromatic heterocycles. The van der Waals surface area contributed by atoms with Crippen LogP contribution in [-0.4, -0.2) is 35.3 Å². The van der Waals surface area contributed by atoms with Crippen LogP contribution in [0.1, 0.15) is 30.0 Å². The summed E-state index contributed by atoms with van der Waals surface area (Å²) in [5, 5.41) is 4.83. The molecule has 1 aliphatic rings. The Hall–Kier alpha value is -2.41. The number of benzene rings is 1. The molecule has 150 valence electrons. The molecule has 0 aliphatic carbocycles. The minimum atomic E-state index is -0.0877. The van der Waals surface area contributed by atoms with Crippen LogP contribution in [0, 0.1) is 0 Å². The molecule has 1 saturated heterocycles. The second kappa shape index (κ2) is 8.95. The molecule has 29 heavy (non-hydrogen) atoms. The molecule has 7 heteroatoms. The molecule has 1 N–H and O–H groups in total. The van der Waals surface area contributed by atoms with Crippen LogP contribution in [0.25, 0.3) is 11.3 Å². The van der Waals surface area contributed by atoms with E-state index in [0.717, 1.165) is 35.7 Å². The van der Waals surface area contributed by atoms with Crippen molar-refractivity contribution in [2.24, 2.45) is 0 Å². The van der Waals surface area contributed by atoms with E-state index in [-0.39, 0.29) is 12.1 Å². The van der Waals surface area contributed by atoms with Crippen LogP contribution in [0.5, 0.6) is 0 Å². The minimum Gasteiger partial charge on any atom is -0.459 e. The van der Waals surface area contributed by atoms with E-state index in [1.165, 1.54) is 0 Å². The van der Waals surface area contributed by atoms with E-state index in [2.05, 4.69) is 15.2 Å². The van der Waals surface area contributed by atoms with Crippen LogP contribution in [0.2, 0.25) is 5.02 Å². The summed E-state index contributed by atoms with van der Waals surface area (Å²) in [6.45, 7) is 1.44. The Kier molecular flexibility index (Phi) is 6.13. The normalized spacial score (nSPS) is 18.8. The fraction of sp³-hybridized carbons (Fsp3) is 0.273. The minimum absolute atomic E-state index is 0.0875. The smallest absolute Gasteiger partial charge is 0.170 e. The van der Waals surface area contributed by atoms with Gasteiger partial charge >= 0.3 is 0 Å². The summed E-state index contributed by atoms with van der Waals surface area (Å²) >= 11 is 11.7. The molecule has 3 heterocycles. The summed E-state index contributed by atoms with van der Waals surface area (Å²) in [6.07, 6.45) is 2.67. The summed E-state index contributed by atoms with van der Waals surface area (Å²) in [5.41, 5.74) is 1.91. The van der Waals surface area contributed by atoms with E-state index in [9.17, 15) is 0 Å². The third-order valence-electron chi connectivity index (χ3n) is 4.99. The van der Waals surface area contributed by atoms with Gasteiger partial charge in [-0.15, -0.1) is 0 Å². The summed E-state index contributed by atoms with van der Waals surface area (Å²) in [4.78, 5) is 6.71. The van der Waals surface area contributed by atoms with Gasteiger partial charge < -0.3 is 19.4 Å². The van der Waals surface area contributed by atoms with Gasteiger partial charge in [0.15, 0.2) is 5.11 Å². The Labute approximate surface area is 180 Å². The summed E-state index contributed by atoms with van der Waals surface area (Å²) in [6, 6.07) is 17.4. The first-order valence-corrected chi connectivity index (χ1v) is 10.3. The highest BCUT2D eigenvalue weighted by Gasteiger charge is 2.41. The Bertz CT molecular complexity index is 962. The Morgan fingerprint density at radius 1 is 1.17 bits per heavy atom. The van der Waals surface area contributed by atoms with Gasteiger partial charge in [0.1, 0.15) is 17.6 Å². The molecule has 1 fully saturated rings. The number of hydrogen-bond donors (Lipinski definition) is 1. The molecule has 0 amide bonds. The number of hydrogen-bond acceptors (Lipinski definition) is 4. The quantitative estimate of drug-likeness (QED) is 0.422. The number of methoxy groups -OCH3 is 1. The molecular formula is C22H22ClN3O2S. The molecule has 2 atom stereocenters.